The minimum atomic E-state index is -0.401. The minimum absolute atomic E-state index is 0.0533. The first-order valence-electron chi connectivity index (χ1n) is 10.1. The van der Waals surface area contributed by atoms with Gasteiger partial charge in [0.2, 0.25) is 11.7 Å². The van der Waals surface area contributed by atoms with Gasteiger partial charge in [-0.1, -0.05) is 48.0 Å². The third-order valence-corrected chi connectivity index (χ3v) is 5.13. The fraction of sp³-hybridized carbons (Fsp3) is 0. The molecule has 0 atom stereocenters. The van der Waals surface area contributed by atoms with E-state index in [2.05, 4.69) is 20.7 Å². The molecule has 0 saturated carbocycles. The Morgan fingerprint density at radius 2 is 1.55 bits per heavy atom. The van der Waals surface area contributed by atoms with Crippen molar-refractivity contribution < 1.29 is 4.79 Å². The first-order chi connectivity index (χ1) is 16.1. The molecule has 1 amide bonds. The van der Waals surface area contributed by atoms with Crippen molar-refractivity contribution in [3.8, 4) is 5.69 Å². The number of benzene rings is 3. The summed E-state index contributed by atoms with van der Waals surface area (Å²) in [5.41, 5.74) is 1.45. The van der Waals surface area contributed by atoms with Crippen LogP contribution in [0.2, 0.25) is 5.02 Å². The van der Waals surface area contributed by atoms with E-state index in [1.165, 1.54) is 15.1 Å². The Kier molecular flexibility index (Phi) is 5.34. The van der Waals surface area contributed by atoms with Gasteiger partial charge in [0.25, 0.3) is 11.5 Å². The second-order valence-corrected chi connectivity index (χ2v) is 7.57. The van der Waals surface area contributed by atoms with E-state index in [1.807, 2.05) is 36.4 Å². The van der Waals surface area contributed by atoms with Crippen molar-refractivity contribution in [1.29, 1.82) is 0 Å². The molecule has 2 heterocycles. The van der Waals surface area contributed by atoms with Crippen LogP contribution in [0.4, 0.5) is 17.5 Å². The van der Waals surface area contributed by atoms with Gasteiger partial charge < -0.3 is 5.32 Å². The highest BCUT2D eigenvalue weighted by atomic mass is 35.5. The minimum Gasteiger partial charge on any atom is -0.340 e. The van der Waals surface area contributed by atoms with Crippen LogP contribution in [-0.4, -0.2) is 25.1 Å². The Morgan fingerprint density at radius 1 is 0.879 bits per heavy atom. The zero-order valence-corrected chi connectivity index (χ0v) is 17.9. The number of carbonyl (C=O) groups excluding carboxylic acids is 1. The number of hydrogen-bond acceptors (Lipinski definition) is 5. The lowest BCUT2D eigenvalue weighted by atomic mass is 10.2. The molecule has 0 bridgehead atoms. The van der Waals surface area contributed by atoms with E-state index in [0.29, 0.717) is 22.1 Å². The van der Waals surface area contributed by atoms with Gasteiger partial charge in [-0.15, -0.1) is 5.10 Å². The number of fused-ring (bicyclic) bond motifs is 1. The number of amides is 1. The van der Waals surface area contributed by atoms with Crippen LogP contribution in [0.3, 0.4) is 0 Å². The maximum absolute atomic E-state index is 13.1. The zero-order chi connectivity index (χ0) is 22.8. The number of nitrogens with one attached hydrogen (secondary N) is 2. The van der Waals surface area contributed by atoms with E-state index in [0.717, 1.165) is 5.69 Å². The zero-order valence-electron chi connectivity index (χ0n) is 17.1. The molecular weight excluding hydrogens is 440 g/mol. The highest BCUT2D eigenvalue weighted by Gasteiger charge is 2.18. The molecule has 8 nitrogen and oxygen atoms in total. The second kappa shape index (κ2) is 8.60. The third kappa shape index (κ3) is 4.19. The van der Waals surface area contributed by atoms with Gasteiger partial charge in [-0.05, 0) is 48.5 Å². The van der Waals surface area contributed by atoms with Crippen LogP contribution in [0.1, 0.15) is 10.4 Å². The molecule has 0 aliphatic carbocycles. The summed E-state index contributed by atoms with van der Waals surface area (Å²) in [5, 5.41) is 10.9. The van der Waals surface area contributed by atoms with E-state index in [4.69, 9.17) is 11.6 Å². The molecule has 0 fully saturated rings. The summed E-state index contributed by atoms with van der Waals surface area (Å²) in [6.07, 6.45) is 0. The molecule has 5 rings (SSSR count). The lowest BCUT2D eigenvalue weighted by Gasteiger charge is -2.07. The summed E-state index contributed by atoms with van der Waals surface area (Å²) in [7, 11) is 0. The molecule has 0 saturated heterocycles. The van der Waals surface area contributed by atoms with Gasteiger partial charge in [0, 0.05) is 22.3 Å². The average molecular weight is 457 g/mol. The van der Waals surface area contributed by atoms with Crippen molar-refractivity contribution in [2.75, 3.05) is 10.6 Å². The van der Waals surface area contributed by atoms with Crippen LogP contribution in [0.5, 0.6) is 0 Å². The van der Waals surface area contributed by atoms with Crippen LogP contribution < -0.4 is 16.2 Å². The number of carbonyl (C=O) groups is 1. The van der Waals surface area contributed by atoms with Crippen molar-refractivity contribution in [2.24, 2.45) is 0 Å². The quantitative estimate of drug-likeness (QED) is 0.405. The van der Waals surface area contributed by atoms with E-state index >= 15 is 0 Å². The SMILES string of the molecule is O=C(Nc1nn(-c2ccc(Cl)cc2)c2nc(Nc3ccccc3)cc(=O)n12)c1ccccc1. The van der Waals surface area contributed by atoms with Gasteiger partial charge in [-0.25, -0.2) is 4.40 Å². The summed E-state index contributed by atoms with van der Waals surface area (Å²) in [4.78, 5) is 30.4. The Bertz CT molecular complexity index is 1500. The third-order valence-electron chi connectivity index (χ3n) is 4.88. The fourth-order valence-electron chi connectivity index (χ4n) is 3.33. The fourth-order valence-corrected chi connectivity index (χ4v) is 3.45. The van der Waals surface area contributed by atoms with Crippen molar-refractivity contribution in [3.05, 3.63) is 112 Å². The molecular formula is C24H17ClN6O2. The Balaban J connectivity index is 1.63. The Morgan fingerprint density at radius 3 is 2.24 bits per heavy atom. The summed E-state index contributed by atoms with van der Waals surface area (Å²) >= 11 is 6.03. The van der Waals surface area contributed by atoms with Gasteiger partial charge in [0.05, 0.1) is 5.69 Å². The van der Waals surface area contributed by atoms with Crippen LogP contribution >= 0.6 is 11.6 Å². The van der Waals surface area contributed by atoms with Gasteiger partial charge in [0.1, 0.15) is 5.82 Å². The number of aromatic nitrogens is 4. The molecule has 0 unspecified atom stereocenters. The summed E-state index contributed by atoms with van der Waals surface area (Å²) in [6.45, 7) is 0. The highest BCUT2D eigenvalue weighted by Crippen LogP contribution is 2.20. The van der Waals surface area contributed by atoms with Crippen LogP contribution in [0, 0.1) is 0 Å². The smallest absolute Gasteiger partial charge is 0.264 e. The standard InChI is InChI=1S/C24H17ClN6O2/c25-17-11-13-19(14-12-17)31-24-27-20(26-18-9-5-2-6-10-18)15-21(32)30(24)23(29-31)28-22(33)16-7-3-1-4-8-16/h1-15,26H,(H,28,29,33). The molecule has 0 spiro atoms. The van der Waals surface area contributed by atoms with Gasteiger partial charge in [-0.2, -0.15) is 9.67 Å². The van der Waals surface area contributed by atoms with E-state index in [1.54, 1.807) is 48.5 Å². The number of hydrogen-bond donors (Lipinski definition) is 2. The van der Waals surface area contributed by atoms with Crippen LogP contribution in [0.25, 0.3) is 11.5 Å². The van der Waals surface area contributed by atoms with Gasteiger partial charge in [0.15, 0.2) is 0 Å². The predicted molar refractivity (Wildman–Crippen MR) is 128 cm³/mol. The first kappa shape index (κ1) is 20.5. The van der Waals surface area contributed by atoms with E-state index in [9.17, 15) is 9.59 Å². The first-order valence-corrected chi connectivity index (χ1v) is 10.4. The van der Waals surface area contributed by atoms with Gasteiger partial charge >= 0.3 is 0 Å². The number of rotatable bonds is 5. The summed E-state index contributed by atoms with van der Waals surface area (Å²) < 4.78 is 2.74. The summed E-state index contributed by atoms with van der Waals surface area (Å²) in [6, 6.07) is 26.3. The summed E-state index contributed by atoms with van der Waals surface area (Å²) in [5.74, 6) is 0.239. The van der Waals surface area contributed by atoms with Crippen molar-refractivity contribution >= 4 is 40.7 Å². The maximum atomic E-state index is 13.1. The molecule has 5 aromatic rings. The molecule has 3 aromatic carbocycles. The molecule has 0 aliphatic rings. The van der Waals surface area contributed by atoms with E-state index < -0.39 is 11.5 Å². The number of anilines is 3. The topological polar surface area (TPSA) is 93.3 Å². The maximum Gasteiger partial charge on any atom is 0.264 e. The number of para-hydroxylation sites is 1. The van der Waals surface area contributed by atoms with Gasteiger partial charge in [-0.3, -0.25) is 14.9 Å². The molecule has 2 N–H and O–H groups in total. The normalized spacial score (nSPS) is 10.8. The molecule has 0 aliphatic heterocycles. The average Bonchev–Trinajstić information content (AvgIpc) is 3.19. The van der Waals surface area contributed by atoms with Crippen LogP contribution in [-0.2, 0) is 0 Å². The van der Waals surface area contributed by atoms with Crippen LogP contribution in [0.15, 0.2) is 95.8 Å². The lowest BCUT2D eigenvalue weighted by molar-refractivity contribution is 0.102. The number of halogens is 1. The second-order valence-electron chi connectivity index (χ2n) is 7.14. The van der Waals surface area contributed by atoms with Crippen molar-refractivity contribution in [1.82, 2.24) is 19.2 Å². The Labute approximate surface area is 193 Å². The number of nitrogens with zero attached hydrogens (tertiary/aromatic N) is 4. The largest absolute Gasteiger partial charge is 0.340 e. The monoisotopic (exact) mass is 456 g/mol. The molecule has 162 valence electrons. The van der Waals surface area contributed by atoms with Crippen molar-refractivity contribution in [3.63, 3.8) is 0 Å². The molecule has 0 radical (unpaired) electrons. The molecule has 33 heavy (non-hydrogen) atoms. The Hall–Kier alpha value is -4.43. The lowest BCUT2D eigenvalue weighted by Crippen LogP contribution is -2.20. The predicted octanol–water partition coefficient (Wildman–Crippen LogP) is 4.53. The van der Waals surface area contributed by atoms with E-state index in [-0.39, 0.29) is 11.7 Å². The van der Waals surface area contributed by atoms with Crippen molar-refractivity contribution in [2.45, 2.75) is 0 Å². The highest BCUT2D eigenvalue weighted by molar-refractivity contribution is 6.30. The molecule has 2 aromatic heterocycles. The molecule has 9 heteroatoms.